The molecule has 0 unspecified atom stereocenters. The number of nitrogens with zero attached hydrogens (tertiary/aromatic N) is 1. The van der Waals surface area contributed by atoms with E-state index in [0.29, 0.717) is 16.8 Å². The number of rotatable bonds is 4. The van der Waals surface area contributed by atoms with Gasteiger partial charge < -0.3 is 4.74 Å². The molecule has 4 rings (SSSR count). The van der Waals surface area contributed by atoms with E-state index in [9.17, 15) is 19.2 Å². The summed E-state index contributed by atoms with van der Waals surface area (Å²) in [4.78, 5) is 51.2. The molecule has 0 saturated carbocycles. The van der Waals surface area contributed by atoms with E-state index in [1.807, 2.05) is 6.92 Å². The highest BCUT2D eigenvalue weighted by molar-refractivity contribution is 6.39. The van der Waals surface area contributed by atoms with Crippen LogP contribution in [0.25, 0.3) is 6.08 Å². The van der Waals surface area contributed by atoms with Crippen LogP contribution in [0.15, 0.2) is 84.4 Å². The molecule has 7 nitrogen and oxygen atoms in total. The smallest absolute Gasteiger partial charge is 0.343 e. The zero-order valence-corrected chi connectivity index (χ0v) is 17.1. The van der Waals surface area contributed by atoms with Crippen molar-refractivity contribution in [2.45, 2.75) is 6.92 Å². The van der Waals surface area contributed by atoms with Gasteiger partial charge in [-0.1, -0.05) is 54.1 Å². The fourth-order valence-electron chi connectivity index (χ4n) is 3.17. The van der Waals surface area contributed by atoms with E-state index in [1.165, 1.54) is 6.08 Å². The highest BCUT2D eigenvalue weighted by Gasteiger charge is 2.37. The quantitative estimate of drug-likeness (QED) is 0.296. The van der Waals surface area contributed by atoms with Crippen LogP contribution in [0.1, 0.15) is 21.5 Å². The van der Waals surface area contributed by atoms with E-state index in [4.69, 9.17) is 4.74 Å². The zero-order valence-electron chi connectivity index (χ0n) is 17.1. The van der Waals surface area contributed by atoms with Gasteiger partial charge in [-0.15, -0.1) is 0 Å². The van der Waals surface area contributed by atoms with Crippen LogP contribution in [-0.2, 0) is 9.59 Å². The number of ether oxygens (including phenoxy) is 1. The Morgan fingerprint density at radius 2 is 1.53 bits per heavy atom. The third-order valence-corrected chi connectivity index (χ3v) is 4.82. The van der Waals surface area contributed by atoms with Crippen molar-refractivity contribution in [3.8, 4) is 5.75 Å². The lowest BCUT2D eigenvalue weighted by Crippen LogP contribution is -2.54. The molecule has 0 spiro atoms. The van der Waals surface area contributed by atoms with Crippen molar-refractivity contribution in [1.82, 2.24) is 5.32 Å². The Kier molecular flexibility index (Phi) is 5.63. The van der Waals surface area contributed by atoms with Gasteiger partial charge in [-0.3, -0.25) is 14.9 Å². The summed E-state index contributed by atoms with van der Waals surface area (Å²) in [5.41, 5.74) is 1.74. The van der Waals surface area contributed by atoms with Crippen molar-refractivity contribution in [2.75, 3.05) is 4.90 Å². The number of imide groups is 2. The van der Waals surface area contributed by atoms with Gasteiger partial charge in [0.15, 0.2) is 0 Å². The van der Waals surface area contributed by atoms with Crippen LogP contribution in [0.4, 0.5) is 10.5 Å². The number of barbiturate groups is 1. The average Bonchev–Trinajstić information content (AvgIpc) is 2.79. The van der Waals surface area contributed by atoms with Crippen LogP contribution in [0.3, 0.4) is 0 Å². The molecule has 0 aromatic heterocycles. The van der Waals surface area contributed by atoms with Crippen molar-refractivity contribution in [1.29, 1.82) is 0 Å². The van der Waals surface area contributed by atoms with Crippen LogP contribution < -0.4 is 15.0 Å². The summed E-state index contributed by atoms with van der Waals surface area (Å²) in [5.74, 6) is -2.00. The molecule has 158 valence electrons. The Hall–Kier alpha value is -4.52. The first kappa shape index (κ1) is 20.7. The number of esters is 1. The van der Waals surface area contributed by atoms with Crippen molar-refractivity contribution in [3.63, 3.8) is 0 Å². The normalized spacial score (nSPS) is 15.0. The van der Waals surface area contributed by atoms with Crippen molar-refractivity contribution < 1.29 is 23.9 Å². The van der Waals surface area contributed by atoms with Crippen LogP contribution in [0.5, 0.6) is 5.75 Å². The molecule has 7 heteroatoms. The Labute approximate surface area is 183 Å². The lowest BCUT2D eigenvalue weighted by Gasteiger charge is -2.26. The first-order valence-corrected chi connectivity index (χ1v) is 9.78. The molecule has 0 atom stereocenters. The second-order valence-corrected chi connectivity index (χ2v) is 7.09. The molecule has 1 saturated heterocycles. The topological polar surface area (TPSA) is 92.8 Å². The molecule has 1 aliphatic heterocycles. The molecule has 0 radical (unpaired) electrons. The van der Waals surface area contributed by atoms with Gasteiger partial charge in [0.25, 0.3) is 11.8 Å². The lowest BCUT2D eigenvalue weighted by atomic mass is 10.1. The van der Waals surface area contributed by atoms with E-state index < -0.39 is 23.8 Å². The standard InChI is InChI=1S/C25H18N2O5/c1-16-11-13-19(14-12-16)27-23(29)20(22(28)26-25(27)31)15-18-9-5-6-10-21(18)32-24(30)17-7-3-2-4-8-17/h2-15H,1H3,(H,26,28,31)/b20-15-. The van der Waals surface area contributed by atoms with Crippen LogP contribution >= 0.6 is 0 Å². The Bertz CT molecular complexity index is 1250. The molecular weight excluding hydrogens is 408 g/mol. The number of benzene rings is 3. The number of hydrogen-bond donors (Lipinski definition) is 1. The minimum atomic E-state index is -0.829. The molecule has 32 heavy (non-hydrogen) atoms. The third-order valence-electron chi connectivity index (χ3n) is 4.82. The second kappa shape index (κ2) is 8.69. The SMILES string of the molecule is Cc1ccc(N2C(=O)NC(=O)/C(=C/c3ccccc3OC(=O)c3ccccc3)C2=O)cc1. The number of para-hydroxylation sites is 1. The maximum absolute atomic E-state index is 13.1. The maximum atomic E-state index is 13.1. The molecule has 1 aliphatic rings. The van der Waals surface area contributed by atoms with Gasteiger partial charge >= 0.3 is 12.0 Å². The average molecular weight is 426 g/mol. The summed E-state index contributed by atoms with van der Waals surface area (Å²) >= 11 is 0. The van der Waals surface area contributed by atoms with Crippen LogP contribution in [0, 0.1) is 6.92 Å². The summed E-state index contributed by atoms with van der Waals surface area (Å²) < 4.78 is 5.48. The van der Waals surface area contributed by atoms with Gasteiger partial charge in [0.1, 0.15) is 11.3 Å². The van der Waals surface area contributed by atoms with Gasteiger partial charge in [-0.25, -0.2) is 14.5 Å². The molecular formula is C25H18N2O5. The molecule has 0 aliphatic carbocycles. The number of carbonyl (C=O) groups is 4. The van der Waals surface area contributed by atoms with E-state index >= 15 is 0 Å². The van der Waals surface area contributed by atoms with E-state index in [0.717, 1.165) is 10.5 Å². The fraction of sp³-hybridized carbons (Fsp3) is 0.0400. The Balaban J connectivity index is 1.67. The number of aryl methyl sites for hydroxylation is 1. The highest BCUT2D eigenvalue weighted by Crippen LogP contribution is 2.26. The monoisotopic (exact) mass is 426 g/mol. The number of anilines is 1. The molecule has 1 N–H and O–H groups in total. The van der Waals surface area contributed by atoms with Crippen molar-refractivity contribution in [3.05, 3.63) is 101 Å². The second-order valence-electron chi connectivity index (χ2n) is 7.09. The summed E-state index contributed by atoms with van der Waals surface area (Å²) in [6, 6.07) is 20.9. The molecule has 3 aromatic rings. The van der Waals surface area contributed by atoms with Crippen molar-refractivity contribution in [2.24, 2.45) is 0 Å². The highest BCUT2D eigenvalue weighted by atomic mass is 16.5. The first-order valence-electron chi connectivity index (χ1n) is 9.78. The Morgan fingerprint density at radius 1 is 0.875 bits per heavy atom. The van der Waals surface area contributed by atoms with Gasteiger partial charge in [-0.2, -0.15) is 0 Å². The van der Waals surface area contributed by atoms with Crippen LogP contribution in [0.2, 0.25) is 0 Å². The van der Waals surface area contributed by atoms with Crippen LogP contribution in [-0.4, -0.2) is 23.8 Å². The largest absolute Gasteiger partial charge is 0.422 e. The lowest BCUT2D eigenvalue weighted by molar-refractivity contribution is -0.122. The van der Waals surface area contributed by atoms with Gasteiger partial charge in [0.05, 0.1) is 11.3 Å². The molecule has 0 bridgehead atoms. The van der Waals surface area contributed by atoms with Gasteiger partial charge in [0, 0.05) is 5.56 Å². The summed E-state index contributed by atoms with van der Waals surface area (Å²) in [6.45, 7) is 1.88. The number of nitrogens with one attached hydrogen (secondary N) is 1. The maximum Gasteiger partial charge on any atom is 0.343 e. The summed E-state index contributed by atoms with van der Waals surface area (Å²) in [5, 5.41) is 2.18. The number of hydrogen-bond acceptors (Lipinski definition) is 5. The molecule has 4 amide bonds. The summed E-state index contributed by atoms with van der Waals surface area (Å²) in [6.07, 6.45) is 1.30. The van der Waals surface area contributed by atoms with E-state index in [2.05, 4.69) is 5.32 Å². The van der Waals surface area contributed by atoms with Crippen molar-refractivity contribution >= 4 is 35.6 Å². The van der Waals surface area contributed by atoms with E-state index in [-0.39, 0.29) is 11.3 Å². The van der Waals surface area contributed by atoms with Gasteiger partial charge in [0.2, 0.25) is 0 Å². The summed E-state index contributed by atoms with van der Waals surface area (Å²) in [7, 11) is 0. The minimum absolute atomic E-state index is 0.174. The number of carbonyl (C=O) groups excluding carboxylic acids is 4. The first-order chi connectivity index (χ1) is 15.4. The molecule has 1 heterocycles. The van der Waals surface area contributed by atoms with Gasteiger partial charge in [-0.05, 0) is 43.3 Å². The predicted octanol–water partition coefficient (Wildman–Crippen LogP) is 3.88. The van der Waals surface area contributed by atoms with E-state index in [1.54, 1.807) is 78.9 Å². The third kappa shape index (κ3) is 4.17. The molecule has 3 aromatic carbocycles. The Morgan fingerprint density at radius 3 is 2.25 bits per heavy atom. The number of amides is 4. The zero-order chi connectivity index (χ0) is 22.7. The minimum Gasteiger partial charge on any atom is -0.422 e. The number of urea groups is 1. The molecule has 1 fully saturated rings. The predicted molar refractivity (Wildman–Crippen MR) is 118 cm³/mol. The fourth-order valence-corrected chi connectivity index (χ4v) is 3.17.